The molecule has 42 heavy (non-hydrogen) atoms. The van der Waals surface area contributed by atoms with Gasteiger partial charge in [0.15, 0.2) is 11.6 Å². The highest BCUT2D eigenvalue weighted by Crippen LogP contribution is 2.37. The van der Waals surface area contributed by atoms with E-state index in [1.165, 1.54) is 0 Å². The SMILES string of the molecule is Cc1ccc(C(=O)c2ccc(Oc3ccc(Oc4ccc(C(=O)c5ccc(C)cc5)cc4)c4ccccc34)cc2)cc1. The number of carbonyl (C=O) groups excluding carboxylic acids is 2. The van der Waals surface area contributed by atoms with Crippen molar-refractivity contribution < 1.29 is 19.1 Å². The highest BCUT2D eigenvalue weighted by molar-refractivity contribution is 6.09. The zero-order valence-corrected chi connectivity index (χ0v) is 23.3. The number of ether oxygens (including phenoxy) is 2. The minimum atomic E-state index is -0.0268. The van der Waals surface area contributed by atoms with Crippen molar-refractivity contribution in [1.29, 1.82) is 0 Å². The van der Waals surface area contributed by atoms with Crippen molar-refractivity contribution in [2.75, 3.05) is 0 Å². The van der Waals surface area contributed by atoms with Crippen LogP contribution in [0.4, 0.5) is 0 Å². The molecular weight excluding hydrogens is 520 g/mol. The van der Waals surface area contributed by atoms with Gasteiger partial charge in [-0.05, 0) is 74.5 Å². The Balaban J connectivity index is 1.19. The Bertz CT molecular complexity index is 1740. The van der Waals surface area contributed by atoms with E-state index in [0.29, 0.717) is 45.3 Å². The molecule has 204 valence electrons. The molecule has 4 heteroatoms. The van der Waals surface area contributed by atoms with Crippen LogP contribution in [-0.4, -0.2) is 11.6 Å². The van der Waals surface area contributed by atoms with Gasteiger partial charge in [-0.25, -0.2) is 0 Å². The Kier molecular flexibility index (Phi) is 7.35. The van der Waals surface area contributed by atoms with E-state index in [1.807, 2.05) is 98.8 Å². The molecule has 0 amide bonds. The van der Waals surface area contributed by atoms with Gasteiger partial charge in [-0.1, -0.05) is 83.9 Å². The number of fused-ring (bicyclic) bond motifs is 1. The van der Waals surface area contributed by atoms with E-state index in [2.05, 4.69) is 0 Å². The maximum Gasteiger partial charge on any atom is 0.193 e. The Morgan fingerprint density at radius 1 is 0.405 bits per heavy atom. The van der Waals surface area contributed by atoms with Gasteiger partial charge in [-0.15, -0.1) is 0 Å². The first-order valence-electron chi connectivity index (χ1n) is 13.7. The van der Waals surface area contributed by atoms with Crippen LogP contribution in [0, 0.1) is 13.8 Å². The lowest BCUT2D eigenvalue weighted by Gasteiger charge is -2.14. The highest BCUT2D eigenvalue weighted by Gasteiger charge is 2.13. The molecule has 0 atom stereocenters. The molecule has 0 fully saturated rings. The summed E-state index contributed by atoms with van der Waals surface area (Å²) < 4.78 is 12.5. The van der Waals surface area contributed by atoms with E-state index < -0.39 is 0 Å². The monoisotopic (exact) mass is 548 g/mol. The van der Waals surface area contributed by atoms with Crippen LogP contribution in [0.25, 0.3) is 10.8 Å². The molecule has 6 aromatic carbocycles. The number of aryl methyl sites for hydroxylation is 2. The fourth-order valence-electron chi connectivity index (χ4n) is 4.77. The summed E-state index contributed by atoms with van der Waals surface area (Å²) in [7, 11) is 0. The summed E-state index contributed by atoms with van der Waals surface area (Å²) >= 11 is 0. The van der Waals surface area contributed by atoms with Gasteiger partial charge >= 0.3 is 0 Å². The Morgan fingerprint density at radius 3 is 1.05 bits per heavy atom. The number of carbonyl (C=O) groups is 2. The van der Waals surface area contributed by atoms with E-state index in [0.717, 1.165) is 21.9 Å². The number of hydrogen-bond donors (Lipinski definition) is 0. The summed E-state index contributed by atoms with van der Waals surface area (Å²) in [5, 5.41) is 1.78. The molecule has 0 aliphatic heterocycles. The third-order valence-electron chi connectivity index (χ3n) is 7.16. The summed E-state index contributed by atoms with van der Waals surface area (Å²) in [6, 6.07) is 41.1. The zero-order valence-electron chi connectivity index (χ0n) is 23.3. The first-order valence-corrected chi connectivity index (χ1v) is 13.7. The Morgan fingerprint density at radius 2 is 0.714 bits per heavy atom. The molecule has 6 rings (SSSR count). The first kappa shape index (κ1) is 26.7. The quantitative estimate of drug-likeness (QED) is 0.178. The summed E-state index contributed by atoms with van der Waals surface area (Å²) in [6.45, 7) is 3.99. The molecule has 0 heterocycles. The fourth-order valence-corrected chi connectivity index (χ4v) is 4.77. The van der Waals surface area contributed by atoms with Gasteiger partial charge < -0.3 is 9.47 Å². The van der Waals surface area contributed by atoms with Crippen LogP contribution in [0.3, 0.4) is 0 Å². The van der Waals surface area contributed by atoms with Gasteiger partial charge in [0.25, 0.3) is 0 Å². The van der Waals surface area contributed by atoms with Crippen LogP contribution in [-0.2, 0) is 0 Å². The summed E-state index contributed by atoms with van der Waals surface area (Å²) in [5.74, 6) is 2.55. The van der Waals surface area contributed by atoms with E-state index in [-0.39, 0.29) is 11.6 Å². The molecule has 0 N–H and O–H groups in total. The van der Waals surface area contributed by atoms with Crippen LogP contribution in [0.2, 0.25) is 0 Å². The Labute approximate surface area is 244 Å². The number of ketones is 2. The molecule has 0 aliphatic carbocycles. The maximum absolute atomic E-state index is 12.8. The number of benzene rings is 6. The number of hydrogen-bond acceptors (Lipinski definition) is 4. The average molecular weight is 549 g/mol. The highest BCUT2D eigenvalue weighted by atomic mass is 16.5. The van der Waals surface area contributed by atoms with Crippen LogP contribution >= 0.6 is 0 Å². The van der Waals surface area contributed by atoms with Crippen LogP contribution in [0.1, 0.15) is 43.0 Å². The molecular formula is C38H28O4. The third kappa shape index (κ3) is 5.70. The minimum absolute atomic E-state index is 0.0268. The number of rotatable bonds is 8. The summed E-state index contributed by atoms with van der Waals surface area (Å²) in [6.07, 6.45) is 0. The van der Waals surface area contributed by atoms with Crippen LogP contribution < -0.4 is 9.47 Å². The van der Waals surface area contributed by atoms with Crippen LogP contribution in [0.15, 0.2) is 133 Å². The van der Waals surface area contributed by atoms with E-state index in [1.54, 1.807) is 48.5 Å². The van der Waals surface area contributed by atoms with Crippen molar-refractivity contribution >= 4 is 22.3 Å². The van der Waals surface area contributed by atoms with Crippen molar-refractivity contribution in [3.8, 4) is 23.0 Å². The standard InChI is InChI=1S/C38H28O4/c1-25-7-11-27(12-8-25)37(39)29-15-19-31(20-16-29)41-35-23-24-36(34-6-4-3-5-33(34)35)42-32-21-17-30(18-22-32)38(40)28-13-9-26(2)10-14-28/h3-24H,1-2H3. The second-order valence-electron chi connectivity index (χ2n) is 10.3. The smallest absolute Gasteiger partial charge is 0.193 e. The molecule has 0 aliphatic rings. The van der Waals surface area contributed by atoms with Gasteiger partial charge in [0.2, 0.25) is 0 Å². The van der Waals surface area contributed by atoms with Crippen molar-refractivity contribution in [1.82, 2.24) is 0 Å². The molecule has 0 spiro atoms. The minimum Gasteiger partial charge on any atom is -0.457 e. The van der Waals surface area contributed by atoms with Gasteiger partial charge in [0, 0.05) is 33.0 Å². The summed E-state index contributed by atoms with van der Waals surface area (Å²) in [5.41, 5.74) is 4.74. The predicted octanol–water partition coefficient (Wildman–Crippen LogP) is 9.50. The maximum atomic E-state index is 12.8. The van der Waals surface area contributed by atoms with Crippen molar-refractivity contribution in [2.24, 2.45) is 0 Å². The topological polar surface area (TPSA) is 52.6 Å². The molecule has 0 saturated heterocycles. The van der Waals surface area contributed by atoms with Gasteiger partial charge in [-0.2, -0.15) is 0 Å². The molecule has 4 nitrogen and oxygen atoms in total. The molecule has 0 unspecified atom stereocenters. The van der Waals surface area contributed by atoms with E-state index in [9.17, 15) is 9.59 Å². The zero-order chi connectivity index (χ0) is 29.1. The average Bonchev–Trinajstić information content (AvgIpc) is 3.03. The fraction of sp³-hybridized carbons (Fsp3) is 0.0526. The lowest BCUT2D eigenvalue weighted by Crippen LogP contribution is -2.01. The summed E-state index contributed by atoms with van der Waals surface area (Å²) in [4.78, 5) is 25.7. The van der Waals surface area contributed by atoms with E-state index in [4.69, 9.17) is 9.47 Å². The normalized spacial score (nSPS) is 10.8. The Hall–Kier alpha value is -5.48. The van der Waals surface area contributed by atoms with Crippen molar-refractivity contribution in [3.05, 3.63) is 167 Å². The van der Waals surface area contributed by atoms with Gasteiger partial charge in [0.05, 0.1) is 0 Å². The molecule has 6 aromatic rings. The molecule has 0 bridgehead atoms. The lowest BCUT2D eigenvalue weighted by molar-refractivity contribution is 0.103. The second kappa shape index (κ2) is 11.6. The molecule has 0 saturated carbocycles. The molecule has 0 radical (unpaired) electrons. The molecule has 0 aromatic heterocycles. The van der Waals surface area contributed by atoms with Crippen molar-refractivity contribution in [3.63, 3.8) is 0 Å². The van der Waals surface area contributed by atoms with E-state index >= 15 is 0 Å². The second-order valence-corrected chi connectivity index (χ2v) is 10.3. The largest absolute Gasteiger partial charge is 0.457 e. The predicted molar refractivity (Wildman–Crippen MR) is 166 cm³/mol. The lowest BCUT2D eigenvalue weighted by atomic mass is 10.0. The van der Waals surface area contributed by atoms with Crippen molar-refractivity contribution in [2.45, 2.75) is 13.8 Å². The first-order chi connectivity index (χ1) is 20.4. The van der Waals surface area contributed by atoms with Gasteiger partial charge in [0.1, 0.15) is 23.0 Å². The van der Waals surface area contributed by atoms with Crippen LogP contribution in [0.5, 0.6) is 23.0 Å². The third-order valence-corrected chi connectivity index (χ3v) is 7.16. The van der Waals surface area contributed by atoms with Gasteiger partial charge in [-0.3, -0.25) is 9.59 Å².